The first-order valence-corrected chi connectivity index (χ1v) is 7.46. The molecule has 1 unspecified atom stereocenters. The SMILES string of the molecule is CCNC(Cc1ccnc2ccccc12)c1ccoc1Cl. The molecule has 0 aliphatic heterocycles. The minimum atomic E-state index is 0.132. The van der Waals surface area contributed by atoms with Crippen LogP contribution in [0.3, 0.4) is 0 Å². The summed E-state index contributed by atoms with van der Waals surface area (Å²) in [6, 6.07) is 12.3. The van der Waals surface area contributed by atoms with Gasteiger partial charge in [0, 0.05) is 23.2 Å². The highest BCUT2D eigenvalue weighted by Crippen LogP contribution is 2.28. The van der Waals surface area contributed by atoms with E-state index >= 15 is 0 Å². The molecule has 2 heterocycles. The van der Waals surface area contributed by atoms with Crippen LogP contribution in [-0.4, -0.2) is 11.5 Å². The van der Waals surface area contributed by atoms with Gasteiger partial charge in [-0.05, 0) is 48.3 Å². The third-order valence-electron chi connectivity index (χ3n) is 3.64. The lowest BCUT2D eigenvalue weighted by Crippen LogP contribution is -2.22. The maximum Gasteiger partial charge on any atom is 0.197 e. The van der Waals surface area contributed by atoms with Gasteiger partial charge in [-0.3, -0.25) is 4.98 Å². The standard InChI is InChI=1S/C17H17ClN2O/c1-2-19-16(14-8-10-21-17(14)18)11-12-7-9-20-15-6-4-3-5-13(12)15/h3-10,16,19H,2,11H2,1H3. The van der Waals surface area contributed by atoms with Crippen molar-refractivity contribution in [3.05, 3.63) is 65.2 Å². The van der Waals surface area contributed by atoms with Crippen LogP contribution < -0.4 is 5.32 Å². The van der Waals surface area contributed by atoms with Crippen LogP contribution in [0.5, 0.6) is 0 Å². The number of likely N-dealkylation sites (N-methyl/N-ethyl adjacent to an activating group) is 1. The van der Waals surface area contributed by atoms with E-state index in [2.05, 4.69) is 29.4 Å². The molecule has 0 saturated heterocycles. The number of hydrogen-bond acceptors (Lipinski definition) is 3. The second-order valence-electron chi connectivity index (χ2n) is 4.95. The molecule has 1 atom stereocenters. The smallest absolute Gasteiger partial charge is 0.197 e. The fraction of sp³-hybridized carbons (Fsp3) is 0.235. The lowest BCUT2D eigenvalue weighted by molar-refractivity contribution is 0.527. The molecule has 3 nitrogen and oxygen atoms in total. The van der Waals surface area contributed by atoms with Crippen LogP contribution >= 0.6 is 11.6 Å². The summed E-state index contributed by atoms with van der Waals surface area (Å²) in [5, 5.41) is 5.11. The number of furan rings is 1. The summed E-state index contributed by atoms with van der Waals surface area (Å²) in [4.78, 5) is 4.41. The van der Waals surface area contributed by atoms with Crippen LogP contribution in [-0.2, 0) is 6.42 Å². The molecule has 0 spiro atoms. The van der Waals surface area contributed by atoms with Crippen LogP contribution in [0, 0.1) is 0 Å². The molecule has 0 saturated carbocycles. The Kier molecular flexibility index (Phi) is 4.23. The second-order valence-corrected chi connectivity index (χ2v) is 5.29. The molecular weight excluding hydrogens is 284 g/mol. The molecule has 108 valence electrons. The topological polar surface area (TPSA) is 38.1 Å². The highest BCUT2D eigenvalue weighted by molar-refractivity contribution is 6.29. The van der Waals surface area contributed by atoms with E-state index < -0.39 is 0 Å². The highest BCUT2D eigenvalue weighted by Gasteiger charge is 2.17. The minimum absolute atomic E-state index is 0.132. The van der Waals surface area contributed by atoms with Gasteiger partial charge >= 0.3 is 0 Å². The Hall–Kier alpha value is -1.84. The first-order valence-electron chi connectivity index (χ1n) is 7.08. The Labute approximate surface area is 128 Å². The zero-order valence-corrected chi connectivity index (χ0v) is 12.6. The summed E-state index contributed by atoms with van der Waals surface area (Å²) < 4.78 is 5.23. The predicted octanol–water partition coefficient (Wildman–Crippen LogP) is 4.37. The average molecular weight is 301 g/mol. The number of fused-ring (bicyclic) bond motifs is 1. The molecule has 0 aliphatic rings. The summed E-state index contributed by atoms with van der Waals surface area (Å²) in [7, 11) is 0. The summed E-state index contributed by atoms with van der Waals surface area (Å²) in [5.41, 5.74) is 3.27. The van der Waals surface area contributed by atoms with Crippen LogP contribution in [0.25, 0.3) is 10.9 Å². The van der Waals surface area contributed by atoms with Gasteiger partial charge < -0.3 is 9.73 Å². The number of benzene rings is 1. The molecule has 1 aromatic carbocycles. The monoisotopic (exact) mass is 300 g/mol. The number of nitrogens with one attached hydrogen (secondary N) is 1. The zero-order chi connectivity index (χ0) is 14.7. The van der Waals surface area contributed by atoms with Gasteiger partial charge in [-0.1, -0.05) is 25.1 Å². The van der Waals surface area contributed by atoms with Gasteiger partial charge in [-0.15, -0.1) is 0 Å². The minimum Gasteiger partial charge on any atom is -0.453 e. The molecule has 3 rings (SSSR count). The van der Waals surface area contributed by atoms with Crippen molar-refractivity contribution < 1.29 is 4.42 Å². The van der Waals surface area contributed by atoms with Crippen molar-refractivity contribution in [2.75, 3.05) is 6.54 Å². The maximum atomic E-state index is 6.14. The lowest BCUT2D eigenvalue weighted by atomic mass is 9.98. The van der Waals surface area contributed by atoms with Crippen molar-refractivity contribution in [3.8, 4) is 0 Å². The third-order valence-corrected chi connectivity index (χ3v) is 3.94. The Morgan fingerprint density at radius 1 is 1.24 bits per heavy atom. The zero-order valence-electron chi connectivity index (χ0n) is 11.8. The number of para-hydroxylation sites is 1. The lowest BCUT2D eigenvalue weighted by Gasteiger charge is -2.18. The van der Waals surface area contributed by atoms with E-state index in [0.717, 1.165) is 24.0 Å². The average Bonchev–Trinajstić information content (AvgIpc) is 2.93. The van der Waals surface area contributed by atoms with Crippen LogP contribution in [0.4, 0.5) is 0 Å². The van der Waals surface area contributed by atoms with Crippen LogP contribution in [0.2, 0.25) is 5.22 Å². The molecule has 0 amide bonds. The van der Waals surface area contributed by atoms with Crippen molar-refractivity contribution in [3.63, 3.8) is 0 Å². The van der Waals surface area contributed by atoms with E-state index in [-0.39, 0.29) is 6.04 Å². The highest BCUT2D eigenvalue weighted by atomic mass is 35.5. The molecule has 21 heavy (non-hydrogen) atoms. The second kappa shape index (κ2) is 6.29. The maximum absolute atomic E-state index is 6.14. The van der Waals surface area contributed by atoms with Gasteiger partial charge in [-0.2, -0.15) is 0 Å². The van der Waals surface area contributed by atoms with Crippen molar-refractivity contribution in [1.82, 2.24) is 10.3 Å². The third kappa shape index (κ3) is 2.94. The van der Waals surface area contributed by atoms with Gasteiger partial charge in [0.1, 0.15) is 0 Å². The summed E-state index contributed by atoms with van der Waals surface area (Å²) in [5.74, 6) is 0. The summed E-state index contributed by atoms with van der Waals surface area (Å²) in [6.07, 6.45) is 4.33. The van der Waals surface area contributed by atoms with E-state index in [1.807, 2.05) is 30.5 Å². The van der Waals surface area contributed by atoms with Crippen molar-refractivity contribution in [1.29, 1.82) is 0 Å². The normalized spacial score (nSPS) is 12.7. The molecule has 0 radical (unpaired) electrons. The largest absolute Gasteiger partial charge is 0.453 e. The Bertz CT molecular complexity index is 733. The number of hydrogen-bond donors (Lipinski definition) is 1. The molecule has 0 fully saturated rings. The Morgan fingerprint density at radius 3 is 2.86 bits per heavy atom. The van der Waals surface area contributed by atoms with Gasteiger partial charge in [0.05, 0.1) is 11.8 Å². The van der Waals surface area contributed by atoms with E-state index in [1.54, 1.807) is 6.26 Å². The Morgan fingerprint density at radius 2 is 2.10 bits per heavy atom. The molecule has 2 aromatic heterocycles. The van der Waals surface area contributed by atoms with Gasteiger partial charge in [-0.25, -0.2) is 0 Å². The first kappa shape index (κ1) is 14.1. The summed E-state index contributed by atoms with van der Waals surface area (Å²) >= 11 is 6.14. The quantitative estimate of drug-likeness (QED) is 0.760. The van der Waals surface area contributed by atoms with Crippen molar-refractivity contribution in [2.24, 2.45) is 0 Å². The van der Waals surface area contributed by atoms with Crippen LogP contribution in [0.1, 0.15) is 24.1 Å². The fourth-order valence-electron chi connectivity index (χ4n) is 2.65. The molecular formula is C17H17ClN2O. The van der Waals surface area contributed by atoms with Gasteiger partial charge in [0.15, 0.2) is 5.22 Å². The predicted molar refractivity (Wildman–Crippen MR) is 85.6 cm³/mol. The molecule has 0 bridgehead atoms. The van der Waals surface area contributed by atoms with Gasteiger partial charge in [0.25, 0.3) is 0 Å². The number of halogens is 1. The van der Waals surface area contributed by atoms with E-state index in [9.17, 15) is 0 Å². The number of pyridine rings is 1. The van der Waals surface area contributed by atoms with E-state index in [4.69, 9.17) is 16.0 Å². The number of rotatable bonds is 5. The molecule has 4 heteroatoms. The number of aromatic nitrogens is 1. The number of nitrogens with zero attached hydrogens (tertiary/aromatic N) is 1. The molecule has 3 aromatic rings. The van der Waals surface area contributed by atoms with Crippen molar-refractivity contribution in [2.45, 2.75) is 19.4 Å². The van der Waals surface area contributed by atoms with E-state index in [1.165, 1.54) is 10.9 Å². The van der Waals surface area contributed by atoms with E-state index in [0.29, 0.717) is 5.22 Å². The van der Waals surface area contributed by atoms with Gasteiger partial charge in [0.2, 0.25) is 0 Å². The molecule has 1 N–H and O–H groups in total. The first-order chi connectivity index (χ1) is 10.3. The molecule has 0 aliphatic carbocycles. The summed E-state index contributed by atoms with van der Waals surface area (Å²) in [6.45, 7) is 2.96. The Balaban J connectivity index is 1.97. The van der Waals surface area contributed by atoms with Crippen molar-refractivity contribution >= 4 is 22.5 Å². The fourth-order valence-corrected chi connectivity index (χ4v) is 2.89. The van der Waals surface area contributed by atoms with Crippen LogP contribution in [0.15, 0.2) is 53.3 Å².